The Labute approximate surface area is 143 Å². The molecule has 0 fully saturated rings. The average molecular weight is 348 g/mol. The van der Waals surface area contributed by atoms with Crippen LogP contribution >= 0.6 is 23.2 Å². The molecule has 3 aromatic rings. The molecule has 0 aliphatic carbocycles. The normalized spacial score (nSPS) is 11.0. The number of phenols is 1. The molecule has 0 radical (unpaired) electrons. The smallest absolute Gasteiger partial charge is 0.165 e. The van der Waals surface area contributed by atoms with E-state index in [4.69, 9.17) is 23.2 Å². The van der Waals surface area contributed by atoms with Gasteiger partial charge in [0.1, 0.15) is 5.75 Å². The van der Waals surface area contributed by atoms with E-state index in [1.807, 2.05) is 12.3 Å². The van der Waals surface area contributed by atoms with Crippen molar-refractivity contribution >= 4 is 39.9 Å². The van der Waals surface area contributed by atoms with Crippen molar-refractivity contribution in [3.63, 3.8) is 0 Å². The number of rotatable bonds is 5. The first-order chi connectivity index (χ1) is 11.1. The second-order valence-electron chi connectivity index (χ2n) is 5.42. The highest BCUT2D eigenvalue weighted by molar-refractivity contribution is 6.39. The molecule has 1 aromatic heterocycles. The topological polar surface area (TPSA) is 53.1 Å². The maximum atomic E-state index is 12.3. The van der Waals surface area contributed by atoms with E-state index in [9.17, 15) is 9.90 Å². The fourth-order valence-corrected chi connectivity index (χ4v) is 3.31. The van der Waals surface area contributed by atoms with Crippen molar-refractivity contribution in [3.8, 4) is 5.75 Å². The molecule has 23 heavy (non-hydrogen) atoms. The van der Waals surface area contributed by atoms with Gasteiger partial charge >= 0.3 is 0 Å². The van der Waals surface area contributed by atoms with Gasteiger partial charge in [-0.1, -0.05) is 29.3 Å². The molecule has 0 saturated carbocycles. The summed E-state index contributed by atoms with van der Waals surface area (Å²) in [5.41, 5.74) is 2.44. The minimum atomic E-state index is -0.0525. The molecule has 0 atom stereocenters. The highest BCUT2D eigenvalue weighted by Gasteiger charge is 2.14. The number of ketones is 1. The Kier molecular flexibility index (Phi) is 4.60. The summed E-state index contributed by atoms with van der Waals surface area (Å²) in [5, 5.41) is 11.4. The fraction of sp³-hybridized carbons (Fsp3) is 0.167. The van der Waals surface area contributed by atoms with Crippen LogP contribution in [0.5, 0.6) is 5.75 Å². The Morgan fingerprint density at radius 3 is 2.61 bits per heavy atom. The van der Waals surface area contributed by atoms with E-state index in [2.05, 4.69) is 4.98 Å². The highest BCUT2D eigenvalue weighted by Crippen LogP contribution is 2.27. The molecule has 3 rings (SSSR count). The number of benzene rings is 2. The van der Waals surface area contributed by atoms with Gasteiger partial charge in [0.25, 0.3) is 0 Å². The Balaban J connectivity index is 1.69. The average Bonchev–Trinajstić information content (AvgIpc) is 2.89. The van der Waals surface area contributed by atoms with E-state index in [-0.39, 0.29) is 11.5 Å². The monoisotopic (exact) mass is 347 g/mol. The summed E-state index contributed by atoms with van der Waals surface area (Å²) in [6, 6.07) is 10.3. The molecule has 0 saturated heterocycles. The number of carbonyl (C=O) groups is 1. The number of aromatic amines is 1. The van der Waals surface area contributed by atoms with Crippen LogP contribution in [-0.4, -0.2) is 15.9 Å². The Hall–Kier alpha value is -1.97. The van der Waals surface area contributed by atoms with E-state index < -0.39 is 0 Å². The van der Waals surface area contributed by atoms with E-state index in [0.29, 0.717) is 28.5 Å². The molecular weight excluding hydrogens is 333 g/mol. The summed E-state index contributed by atoms with van der Waals surface area (Å²) in [6.45, 7) is 0. The summed E-state index contributed by atoms with van der Waals surface area (Å²) in [4.78, 5) is 15.5. The van der Waals surface area contributed by atoms with Gasteiger partial charge in [-0.25, -0.2) is 0 Å². The first-order valence-electron chi connectivity index (χ1n) is 7.32. The van der Waals surface area contributed by atoms with Gasteiger partial charge in [0.05, 0.1) is 15.6 Å². The number of phenolic OH excluding ortho intramolecular Hbond substituents is 1. The van der Waals surface area contributed by atoms with Gasteiger partial charge in [-0.2, -0.15) is 0 Å². The van der Waals surface area contributed by atoms with Crippen molar-refractivity contribution in [2.24, 2.45) is 0 Å². The zero-order valence-corrected chi connectivity index (χ0v) is 13.8. The van der Waals surface area contributed by atoms with Gasteiger partial charge in [0.15, 0.2) is 5.78 Å². The number of Topliss-reactive ketones (excluding diaryl/α,β-unsaturated/α-hetero) is 1. The third-order valence-corrected chi connectivity index (χ3v) is 4.47. The van der Waals surface area contributed by atoms with Gasteiger partial charge in [-0.05, 0) is 48.7 Å². The fourth-order valence-electron chi connectivity index (χ4n) is 2.70. The molecular formula is C18H15Cl2NO2. The number of hydrogen-bond donors (Lipinski definition) is 2. The Morgan fingerprint density at radius 2 is 1.87 bits per heavy atom. The van der Waals surface area contributed by atoms with Crippen LogP contribution in [-0.2, 0) is 6.42 Å². The second kappa shape index (κ2) is 6.65. The Bertz CT molecular complexity index is 850. The quantitative estimate of drug-likeness (QED) is 0.608. The first-order valence-corrected chi connectivity index (χ1v) is 8.08. The van der Waals surface area contributed by atoms with Gasteiger partial charge in [0.2, 0.25) is 0 Å². The van der Waals surface area contributed by atoms with Crippen molar-refractivity contribution < 1.29 is 9.90 Å². The molecule has 0 spiro atoms. The minimum Gasteiger partial charge on any atom is -0.508 e. The number of H-pyrrole nitrogens is 1. The SMILES string of the molecule is O=C(CCCc1c[nH]c2ccc(O)cc12)c1c(Cl)cccc1Cl. The van der Waals surface area contributed by atoms with Crippen molar-refractivity contribution in [2.75, 3.05) is 0 Å². The van der Waals surface area contributed by atoms with Gasteiger partial charge in [0, 0.05) is 23.5 Å². The molecule has 0 unspecified atom stereocenters. The summed E-state index contributed by atoms with van der Waals surface area (Å²) < 4.78 is 0. The number of nitrogens with one attached hydrogen (secondary N) is 1. The number of fused-ring (bicyclic) bond motifs is 1. The van der Waals surface area contributed by atoms with Crippen LogP contribution in [0.4, 0.5) is 0 Å². The Morgan fingerprint density at radius 1 is 1.13 bits per heavy atom. The van der Waals surface area contributed by atoms with Crippen molar-refractivity contribution in [1.29, 1.82) is 0 Å². The van der Waals surface area contributed by atoms with E-state index in [1.54, 1.807) is 30.3 Å². The van der Waals surface area contributed by atoms with E-state index >= 15 is 0 Å². The lowest BCUT2D eigenvalue weighted by Gasteiger charge is -2.06. The van der Waals surface area contributed by atoms with E-state index in [0.717, 1.165) is 22.9 Å². The second-order valence-corrected chi connectivity index (χ2v) is 6.23. The molecule has 1 heterocycles. The van der Waals surface area contributed by atoms with E-state index in [1.165, 1.54) is 0 Å². The lowest BCUT2D eigenvalue weighted by atomic mass is 10.0. The third kappa shape index (κ3) is 3.36. The van der Waals surface area contributed by atoms with Gasteiger partial charge in [-0.15, -0.1) is 0 Å². The number of aryl methyl sites for hydroxylation is 1. The lowest BCUT2D eigenvalue weighted by molar-refractivity contribution is 0.0980. The lowest BCUT2D eigenvalue weighted by Crippen LogP contribution is -2.02. The maximum Gasteiger partial charge on any atom is 0.165 e. The highest BCUT2D eigenvalue weighted by atomic mass is 35.5. The van der Waals surface area contributed by atoms with Crippen molar-refractivity contribution in [3.05, 3.63) is 63.8 Å². The number of carbonyl (C=O) groups excluding carboxylic acids is 1. The predicted molar refractivity (Wildman–Crippen MR) is 93.7 cm³/mol. The van der Waals surface area contributed by atoms with Crippen molar-refractivity contribution in [1.82, 2.24) is 4.98 Å². The molecule has 0 bridgehead atoms. The molecule has 2 N–H and O–H groups in total. The van der Waals surface area contributed by atoms with Crippen molar-refractivity contribution in [2.45, 2.75) is 19.3 Å². The van der Waals surface area contributed by atoms with Crippen LogP contribution < -0.4 is 0 Å². The minimum absolute atomic E-state index is 0.0525. The molecule has 0 aliphatic rings. The van der Waals surface area contributed by atoms with Crippen LogP contribution in [0.3, 0.4) is 0 Å². The van der Waals surface area contributed by atoms with Crippen LogP contribution in [0, 0.1) is 0 Å². The molecule has 0 aliphatic heterocycles. The number of aromatic nitrogens is 1. The van der Waals surface area contributed by atoms with Gasteiger partial charge in [-0.3, -0.25) is 4.79 Å². The zero-order chi connectivity index (χ0) is 16.4. The number of aromatic hydroxyl groups is 1. The van der Waals surface area contributed by atoms with Crippen LogP contribution in [0.1, 0.15) is 28.8 Å². The summed E-state index contributed by atoms with van der Waals surface area (Å²) in [5.74, 6) is 0.181. The first kappa shape index (κ1) is 15.9. The largest absolute Gasteiger partial charge is 0.508 e. The molecule has 118 valence electrons. The van der Waals surface area contributed by atoms with Crippen LogP contribution in [0.25, 0.3) is 10.9 Å². The summed E-state index contributed by atoms with van der Waals surface area (Å²) in [7, 11) is 0. The predicted octanol–water partition coefficient (Wildman–Crippen LogP) is 5.39. The standard InChI is InChI=1S/C18H15Cl2NO2/c19-14-4-2-5-15(20)18(14)17(23)6-1-3-11-10-21-16-8-7-12(22)9-13(11)16/h2,4-5,7-10,21-22H,1,3,6H2. The molecule has 5 heteroatoms. The summed E-state index contributed by atoms with van der Waals surface area (Å²) in [6.07, 6.45) is 3.70. The maximum absolute atomic E-state index is 12.3. The zero-order valence-electron chi connectivity index (χ0n) is 12.3. The molecule has 2 aromatic carbocycles. The summed E-state index contributed by atoms with van der Waals surface area (Å²) >= 11 is 12.1. The van der Waals surface area contributed by atoms with Crippen LogP contribution in [0.2, 0.25) is 10.0 Å². The number of hydrogen-bond acceptors (Lipinski definition) is 2. The van der Waals surface area contributed by atoms with Gasteiger partial charge < -0.3 is 10.1 Å². The molecule has 3 nitrogen and oxygen atoms in total. The number of halogens is 2. The third-order valence-electron chi connectivity index (χ3n) is 3.84. The van der Waals surface area contributed by atoms with Crippen LogP contribution in [0.15, 0.2) is 42.6 Å². The molecule has 0 amide bonds.